The predicted molar refractivity (Wildman–Crippen MR) is 74.7 cm³/mol. The molecular formula is C11H23N5O2S. The van der Waals surface area contributed by atoms with Gasteiger partial charge in [-0.1, -0.05) is 0 Å². The van der Waals surface area contributed by atoms with E-state index in [9.17, 15) is 8.42 Å². The fraction of sp³-hybridized carbons (Fsp3) is 0.727. The summed E-state index contributed by atoms with van der Waals surface area (Å²) < 4.78 is 29.6. The molecule has 7 nitrogen and oxygen atoms in total. The Hall–Kier alpha value is -0.960. The average Bonchev–Trinajstić information content (AvgIpc) is 2.58. The Kier molecular flexibility index (Phi) is 5.48. The topological polar surface area (TPSA) is 93.2 Å². The first-order valence-electron chi connectivity index (χ1n) is 6.19. The van der Waals surface area contributed by atoms with Crippen molar-refractivity contribution in [3.63, 3.8) is 0 Å². The number of hydrogen-bond donors (Lipinski definition) is 2. The largest absolute Gasteiger partial charge is 0.330 e. The number of aromatic nitrogens is 2. The molecule has 1 aromatic heterocycles. The molecule has 0 saturated carbocycles. The zero-order valence-electron chi connectivity index (χ0n) is 12.0. The maximum absolute atomic E-state index is 12.0. The van der Waals surface area contributed by atoms with Gasteiger partial charge in [0.2, 0.25) is 0 Å². The Morgan fingerprint density at radius 1 is 1.42 bits per heavy atom. The van der Waals surface area contributed by atoms with Gasteiger partial charge in [-0.15, -0.1) is 0 Å². The minimum atomic E-state index is -3.46. The lowest BCUT2D eigenvalue weighted by Gasteiger charge is -2.17. The number of aryl methyl sites for hydroxylation is 2. The third kappa shape index (κ3) is 4.00. The molecule has 0 aromatic carbocycles. The molecule has 1 aromatic rings. The van der Waals surface area contributed by atoms with Crippen molar-refractivity contribution in [1.29, 1.82) is 0 Å². The lowest BCUT2D eigenvalue weighted by Crippen LogP contribution is -2.39. The highest BCUT2D eigenvalue weighted by Crippen LogP contribution is 2.12. The molecule has 0 fully saturated rings. The summed E-state index contributed by atoms with van der Waals surface area (Å²) in [5.41, 5.74) is 8.09. The molecule has 0 atom stereocenters. The molecule has 1 rings (SSSR count). The van der Waals surface area contributed by atoms with Crippen molar-refractivity contribution in [2.45, 2.75) is 26.8 Å². The van der Waals surface area contributed by atoms with Crippen LogP contribution in [-0.4, -0.2) is 42.6 Å². The lowest BCUT2D eigenvalue weighted by molar-refractivity contribution is 0.452. The Bertz CT molecular complexity index is 523. The number of nitrogens with one attached hydrogen (secondary N) is 1. The summed E-state index contributed by atoms with van der Waals surface area (Å²) >= 11 is 0. The van der Waals surface area contributed by atoms with Crippen LogP contribution in [0.5, 0.6) is 0 Å². The van der Waals surface area contributed by atoms with Crippen molar-refractivity contribution in [2.75, 3.05) is 20.1 Å². The van der Waals surface area contributed by atoms with Gasteiger partial charge in [0, 0.05) is 38.4 Å². The van der Waals surface area contributed by atoms with Gasteiger partial charge >= 0.3 is 0 Å². The molecule has 1 heterocycles. The van der Waals surface area contributed by atoms with Crippen molar-refractivity contribution >= 4 is 10.2 Å². The van der Waals surface area contributed by atoms with Crippen LogP contribution in [0.25, 0.3) is 0 Å². The van der Waals surface area contributed by atoms with E-state index in [1.165, 1.54) is 4.31 Å². The number of hydrogen-bond acceptors (Lipinski definition) is 4. The maximum Gasteiger partial charge on any atom is 0.279 e. The summed E-state index contributed by atoms with van der Waals surface area (Å²) in [6.45, 7) is 4.93. The van der Waals surface area contributed by atoms with Gasteiger partial charge in [-0.2, -0.15) is 22.5 Å². The van der Waals surface area contributed by atoms with Gasteiger partial charge < -0.3 is 5.73 Å². The Balaban J connectivity index is 2.70. The number of rotatable bonds is 7. The smallest absolute Gasteiger partial charge is 0.279 e. The molecule has 0 bridgehead atoms. The third-order valence-electron chi connectivity index (χ3n) is 3.18. The third-order valence-corrected chi connectivity index (χ3v) is 4.69. The first-order chi connectivity index (χ1) is 8.79. The summed E-state index contributed by atoms with van der Waals surface area (Å²) in [7, 11) is -0.0806. The van der Waals surface area contributed by atoms with E-state index in [0.29, 0.717) is 19.5 Å². The van der Waals surface area contributed by atoms with Gasteiger partial charge in [-0.05, 0) is 26.8 Å². The minimum Gasteiger partial charge on any atom is -0.330 e. The molecule has 19 heavy (non-hydrogen) atoms. The zero-order valence-corrected chi connectivity index (χ0v) is 12.8. The second-order valence-electron chi connectivity index (χ2n) is 4.56. The Morgan fingerprint density at radius 2 is 2.05 bits per heavy atom. The SMILES string of the molecule is Cc1nn(C)c(C)c1CNS(=O)(=O)N(C)CCCN. The average molecular weight is 289 g/mol. The van der Waals surface area contributed by atoms with Gasteiger partial charge in [0.15, 0.2) is 0 Å². The predicted octanol–water partition coefficient (Wildman–Crippen LogP) is -0.348. The molecule has 0 unspecified atom stereocenters. The highest BCUT2D eigenvalue weighted by molar-refractivity contribution is 7.87. The summed E-state index contributed by atoms with van der Waals surface area (Å²) in [6.07, 6.45) is 0.641. The van der Waals surface area contributed by atoms with Crippen LogP contribution in [0.2, 0.25) is 0 Å². The molecular weight excluding hydrogens is 266 g/mol. The van der Waals surface area contributed by atoms with Crippen LogP contribution in [0.3, 0.4) is 0 Å². The van der Waals surface area contributed by atoms with Gasteiger partial charge in [0.25, 0.3) is 10.2 Å². The summed E-state index contributed by atoms with van der Waals surface area (Å²) in [5, 5.41) is 4.26. The van der Waals surface area contributed by atoms with Gasteiger partial charge in [-0.3, -0.25) is 4.68 Å². The lowest BCUT2D eigenvalue weighted by atomic mass is 10.2. The molecule has 0 radical (unpaired) electrons. The summed E-state index contributed by atoms with van der Waals surface area (Å²) in [4.78, 5) is 0. The van der Waals surface area contributed by atoms with Crippen LogP contribution >= 0.6 is 0 Å². The molecule has 3 N–H and O–H groups in total. The number of nitrogens with zero attached hydrogens (tertiary/aromatic N) is 3. The maximum atomic E-state index is 12.0. The first-order valence-corrected chi connectivity index (χ1v) is 7.63. The molecule has 0 amide bonds. The van der Waals surface area contributed by atoms with Gasteiger partial charge in [-0.25, -0.2) is 0 Å². The van der Waals surface area contributed by atoms with E-state index in [1.54, 1.807) is 11.7 Å². The van der Waals surface area contributed by atoms with Crippen LogP contribution in [0.15, 0.2) is 0 Å². The van der Waals surface area contributed by atoms with Crippen LogP contribution in [0, 0.1) is 13.8 Å². The Labute approximate surface area is 115 Å². The van der Waals surface area contributed by atoms with Crippen LogP contribution in [-0.2, 0) is 23.8 Å². The fourth-order valence-electron chi connectivity index (χ4n) is 1.78. The second-order valence-corrected chi connectivity index (χ2v) is 6.43. The van der Waals surface area contributed by atoms with E-state index in [4.69, 9.17) is 5.73 Å². The molecule has 0 aliphatic rings. The highest BCUT2D eigenvalue weighted by Gasteiger charge is 2.18. The fourth-order valence-corrected chi connectivity index (χ4v) is 2.70. The highest BCUT2D eigenvalue weighted by atomic mass is 32.2. The number of nitrogens with two attached hydrogens (primary N) is 1. The van der Waals surface area contributed by atoms with Crippen LogP contribution in [0.1, 0.15) is 23.4 Å². The van der Waals surface area contributed by atoms with E-state index in [2.05, 4.69) is 9.82 Å². The Morgan fingerprint density at radius 3 is 2.53 bits per heavy atom. The normalized spacial score (nSPS) is 12.3. The van der Waals surface area contributed by atoms with Crippen molar-refractivity contribution in [2.24, 2.45) is 12.8 Å². The summed E-state index contributed by atoms with van der Waals surface area (Å²) in [6, 6.07) is 0. The monoisotopic (exact) mass is 289 g/mol. The molecule has 8 heteroatoms. The van der Waals surface area contributed by atoms with Gasteiger partial charge in [0.1, 0.15) is 0 Å². The quantitative estimate of drug-likeness (QED) is 0.717. The standard InChI is InChI=1S/C11H23N5O2S/c1-9-11(10(2)16(4)14-9)8-13-19(17,18)15(3)7-5-6-12/h13H,5-8,12H2,1-4H3. The van der Waals surface area contributed by atoms with Crippen molar-refractivity contribution < 1.29 is 8.42 Å². The molecule has 0 spiro atoms. The van der Waals surface area contributed by atoms with Gasteiger partial charge in [0.05, 0.1) is 5.69 Å². The van der Waals surface area contributed by atoms with Crippen LogP contribution in [0.4, 0.5) is 0 Å². The molecule has 110 valence electrons. The van der Waals surface area contributed by atoms with E-state index in [0.717, 1.165) is 17.0 Å². The zero-order chi connectivity index (χ0) is 14.6. The first kappa shape index (κ1) is 16.1. The van der Waals surface area contributed by atoms with E-state index in [1.807, 2.05) is 20.9 Å². The molecule has 0 saturated heterocycles. The summed E-state index contributed by atoms with van der Waals surface area (Å²) in [5.74, 6) is 0. The van der Waals surface area contributed by atoms with Crippen LogP contribution < -0.4 is 10.5 Å². The molecule has 0 aliphatic heterocycles. The van der Waals surface area contributed by atoms with Crippen molar-refractivity contribution in [1.82, 2.24) is 18.8 Å². The van der Waals surface area contributed by atoms with Crippen molar-refractivity contribution in [3.05, 3.63) is 17.0 Å². The minimum absolute atomic E-state index is 0.251. The van der Waals surface area contributed by atoms with E-state index < -0.39 is 10.2 Å². The second kappa shape index (κ2) is 6.47. The molecule has 0 aliphatic carbocycles. The van der Waals surface area contributed by atoms with Crippen molar-refractivity contribution in [3.8, 4) is 0 Å². The van der Waals surface area contributed by atoms with E-state index in [-0.39, 0.29) is 6.54 Å². The van der Waals surface area contributed by atoms with E-state index >= 15 is 0 Å².